The highest BCUT2D eigenvalue weighted by atomic mass is 32.2. The van der Waals surface area contributed by atoms with E-state index in [-0.39, 0.29) is 16.3 Å². The summed E-state index contributed by atoms with van der Waals surface area (Å²) in [6.45, 7) is 7.58. The van der Waals surface area contributed by atoms with Crippen LogP contribution in [-0.4, -0.2) is 66.7 Å². The van der Waals surface area contributed by atoms with Crippen molar-refractivity contribution in [3.63, 3.8) is 0 Å². The van der Waals surface area contributed by atoms with Crippen molar-refractivity contribution in [3.8, 4) is 11.6 Å². The Morgan fingerprint density at radius 1 is 1.06 bits per heavy atom. The van der Waals surface area contributed by atoms with E-state index in [0.717, 1.165) is 63.2 Å². The summed E-state index contributed by atoms with van der Waals surface area (Å²) in [5.41, 5.74) is -0.874. The predicted molar refractivity (Wildman–Crippen MR) is 185 cm³/mol. The Balaban J connectivity index is 1.42. The van der Waals surface area contributed by atoms with Crippen LogP contribution in [0.2, 0.25) is 0 Å². The van der Waals surface area contributed by atoms with Gasteiger partial charge in [-0.05, 0) is 78.4 Å². The van der Waals surface area contributed by atoms with Gasteiger partial charge in [-0.3, -0.25) is 0 Å². The Bertz CT molecular complexity index is 2080. The maximum atomic E-state index is 16.6. The van der Waals surface area contributed by atoms with Crippen LogP contribution in [0.1, 0.15) is 76.8 Å². The number of carbonyl (C=O) groups excluding carboxylic acids is 1. The van der Waals surface area contributed by atoms with Crippen LogP contribution in [0.3, 0.4) is 0 Å². The number of ether oxygens (including phenoxy) is 4. The van der Waals surface area contributed by atoms with Gasteiger partial charge in [0.2, 0.25) is 5.88 Å². The maximum absolute atomic E-state index is 16.6. The summed E-state index contributed by atoms with van der Waals surface area (Å²) < 4.78 is 98.7. The van der Waals surface area contributed by atoms with E-state index in [1.54, 1.807) is 4.68 Å². The number of aromatic nitrogens is 4. The molecule has 4 aromatic rings. The zero-order chi connectivity index (χ0) is 37.4. The first-order valence-electron chi connectivity index (χ1n) is 17.0. The van der Waals surface area contributed by atoms with E-state index in [4.69, 9.17) is 24.0 Å². The number of amides is 1. The number of fused-ring (bicyclic) bond motifs is 1. The van der Waals surface area contributed by atoms with E-state index in [1.807, 2.05) is 6.92 Å². The van der Waals surface area contributed by atoms with E-state index in [2.05, 4.69) is 14.9 Å². The summed E-state index contributed by atoms with van der Waals surface area (Å²) in [4.78, 5) is 23.1. The molecule has 2 aliphatic rings. The zero-order valence-electron chi connectivity index (χ0n) is 29.6. The molecule has 1 amide bonds. The average Bonchev–Trinajstić information content (AvgIpc) is 3.45. The molecule has 6 rings (SSSR count). The van der Waals surface area contributed by atoms with Crippen LogP contribution < -0.4 is 18.7 Å². The molecular formula is C35H41F3N6O7S. The normalized spacial score (nSPS) is 16.9. The SMILES string of the molecule is COc1ncc(F)cc1S(=O)(=O)N(C(=O)OC(C)(C)C)c1ccc(F)c(COc2cnc3c(c(C)nn3C3CCCCO3)c2N2CCCCC2)c1F. The van der Waals surface area contributed by atoms with Gasteiger partial charge in [0.1, 0.15) is 29.5 Å². The number of pyridine rings is 2. The Morgan fingerprint density at radius 3 is 2.48 bits per heavy atom. The van der Waals surface area contributed by atoms with Gasteiger partial charge in [0.25, 0.3) is 10.0 Å². The number of hydrogen-bond acceptors (Lipinski definition) is 11. The van der Waals surface area contributed by atoms with Crippen molar-refractivity contribution in [3.05, 3.63) is 59.3 Å². The van der Waals surface area contributed by atoms with Crippen LogP contribution in [0.5, 0.6) is 11.6 Å². The lowest BCUT2D eigenvalue weighted by Crippen LogP contribution is -2.42. The molecule has 2 fully saturated rings. The maximum Gasteiger partial charge on any atom is 0.429 e. The predicted octanol–water partition coefficient (Wildman–Crippen LogP) is 6.96. The lowest BCUT2D eigenvalue weighted by molar-refractivity contribution is -0.0371. The van der Waals surface area contributed by atoms with Crippen molar-refractivity contribution in [2.24, 2.45) is 0 Å². The number of methoxy groups -OCH3 is 1. The number of aryl methyl sites for hydroxylation is 1. The highest BCUT2D eigenvalue weighted by Crippen LogP contribution is 2.41. The van der Waals surface area contributed by atoms with Crippen molar-refractivity contribution in [1.82, 2.24) is 19.7 Å². The molecule has 0 saturated carbocycles. The minimum absolute atomic E-state index is 0.00659. The van der Waals surface area contributed by atoms with Crippen LogP contribution in [0.25, 0.3) is 11.0 Å². The Hall–Kier alpha value is -4.64. The lowest BCUT2D eigenvalue weighted by atomic mass is 10.1. The molecule has 0 bridgehead atoms. The van der Waals surface area contributed by atoms with Gasteiger partial charge < -0.3 is 23.8 Å². The highest BCUT2D eigenvalue weighted by Gasteiger charge is 2.40. The molecule has 1 aromatic carbocycles. The van der Waals surface area contributed by atoms with Gasteiger partial charge in [0, 0.05) is 25.8 Å². The molecule has 2 aliphatic heterocycles. The summed E-state index contributed by atoms with van der Waals surface area (Å²) in [6, 6.07) is 2.14. The van der Waals surface area contributed by atoms with Gasteiger partial charge in [-0.15, -0.1) is 0 Å². The Kier molecular flexibility index (Phi) is 10.5. The summed E-state index contributed by atoms with van der Waals surface area (Å²) in [5, 5.41) is 5.50. The number of sulfonamides is 1. The second kappa shape index (κ2) is 14.8. The Morgan fingerprint density at radius 2 is 1.81 bits per heavy atom. The number of hydrogen-bond donors (Lipinski definition) is 0. The first kappa shape index (κ1) is 37.1. The number of carbonyl (C=O) groups is 1. The molecule has 280 valence electrons. The summed E-state index contributed by atoms with van der Waals surface area (Å²) in [6.07, 6.45) is 6.00. The van der Waals surface area contributed by atoms with Crippen LogP contribution in [0.4, 0.5) is 29.3 Å². The molecule has 0 N–H and O–H groups in total. The third-order valence-electron chi connectivity index (χ3n) is 8.75. The van der Waals surface area contributed by atoms with Crippen molar-refractivity contribution in [2.75, 3.05) is 36.0 Å². The highest BCUT2D eigenvalue weighted by molar-refractivity contribution is 7.93. The number of nitrogens with zero attached hydrogens (tertiary/aromatic N) is 6. The van der Waals surface area contributed by atoms with Crippen LogP contribution in [0, 0.1) is 24.4 Å². The number of piperidine rings is 1. The zero-order valence-corrected chi connectivity index (χ0v) is 30.4. The lowest BCUT2D eigenvalue weighted by Gasteiger charge is -2.31. The molecule has 2 saturated heterocycles. The summed E-state index contributed by atoms with van der Waals surface area (Å²) >= 11 is 0. The minimum atomic E-state index is -5.18. The molecule has 5 heterocycles. The standard InChI is InChI=1S/C35H41F3N6O7S/c1-21-29-31(42-14-8-6-9-15-42)26(19-39-32(29)43(41-21)28-11-7-10-16-49-28)50-20-23-24(37)12-13-25(30(23)38)44(34(45)51-35(2,3)4)52(46,47)27-17-22(36)18-40-33(27)48-5/h12-13,17-19,28H,6-11,14-16,20H2,1-5H3. The second-order valence-corrected chi connectivity index (χ2v) is 15.4. The van der Waals surface area contributed by atoms with Gasteiger partial charge in [-0.2, -0.15) is 9.40 Å². The van der Waals surface area contributed by atoms with Crippen LogP contribution in [0.15, 0.2) is 35.5 Å². The van der Waals surface area contributed by atoms with Gasteiger partial charge in [-0.25, -0.2) is 41.0 Å². The molecular weight excluding hydrogens is 705 g/mol. The van der Waals surface area contributed by atoms with Crippen LogP contribution >= 0.6 is 0 Å². The molecule has 52 heavy (non-hydrogen) atoms. The van der Waals surface area contributed by atoms with E-state index < -0.39 is 67.8 Å². The monoisotopic (exact) mass is 746 g/mol. The first-order valence-corrected chi connectivity index (χ1v) is 18.5. The average molecular weight is 747 g/mol. The summed E-state index contributed by atoms with van der Waals surface area (Å²) in [5.74, 6) is -3.90. The van der Waals surface area contributed by atoms with Crippen LogP contribution in [-0.2, 0) is 26.1 Å². The number of halogens is 3. The Labute approximate surface area is 299 Å². The van der Waals surface area contributed by atoms with E-state index in [1.165, 1.54) is 27.0 Å². The fraction of sp³-hybridized carbons (Fsp3) is 0.486. The third-order valence-corrected chi connectivity index (χ3v) is 10.4. The molecule has 0 aliphatic carbocycles. The number of anilines is 2. The van der Waals surface area contributed by atoms with Gasteiger partial charge >= 0.3 is 6.09 Å². The molecule has 3 aromatic heterocycles. The summed E-state index contributed by atoms with van der Waals surface area (Å²) in [7, 11) is -4.09. The number of rotatable bonds is 9. The van der Waals surface area contributed by atoms with Crippen molar-refractivity contribution < 1.29 is 45.3 Å². The van der Waals surface area contributed by atoms with Crippen molar-refractivity contribution in [1.29, 1.82) is 0 Å². The van der Waals surface area contributed by atoms with Gasteiger partial charge in [-0.1, -0.05) is 0 Å². The molecule has 1 unspecified atom stereocenters. The third kappa shape index (κ3) is 7.33. The topological polar surface area (TPSA) is 138 Å². The minimum Gasteiger partial charge on any atom is -0.485 e. The number of benzene rings is 1. The smallest absolute Gasteiger partial charge is 0.429 e. The molecule has 1 atom stereocenters. The van der Waals surface area contributed by atoms with Crippen molar-refractivity contribution >= 4 is 38.5 Å². The van der Waals surface area contributed by atoms with Crippen molar-refractivity contribution in [2.45, 2.75) is 89.6 Å². The molecule has 13 nitrogen and oxygen atoms in total. The van der Waals surface area contributed by atoms with E-state index >= 15 is 8.78 Å². The first-order chi connectivity index (χ1) is 24.7. The second-order valence-electron chi connectivity index (χ2n) is 13.6. The van der Waals surface area contributed by atoms with E-state index in [9.17, 15) is 17.6 Å². The van der Waals surface area contributed by atoms with E-state index in [0.29, 0.717) is 49.0 Å². The van der Waals surface area contributed by atoms with Gasteiger partial charge in [0.15, 0.2) is 28.3 Å². The fourth-order valence-corrected chi connectivity index (χ4v) is 7.84. The quantitative estimate of drug-likeness (QED) is 0.176. The van der Waals surface area contributed by atoms with Gasteiger partial charge in [0.05, 0.1) is 41.8 Å². The largest absolute Gasteiger partial charge is 0.485 e. The molecule has 17 heteroatoms. The fourth-order valence-electron chi connectivity index (χ4n) is 6.39. The molecule has 0 radical (unpaired) electrons. The molecule has 0 spiro atoms.